The van der Waals surface area contributed by atoms with Crippen LogP contribution >= 0.6 is 11.3 Å². The zero-order valence-electron chi connectivity index (χ0n) is 20.7. The lowest BCUT2D eigenvalue weighted by Gasteiger charge is -2.19. The molecule has 1 atom stereocenters. The minimum atomic E-state index is -0.540. The van der Waals surface area contributed by atoms with E-state index in [0.29, 0.717) is 29.3 Å². The van der Waals surface area contributed by atoms with Crippen molar-refractivity contribution in [1.29, 1.82) is 0 Å². The molecule has 0 fully saturated rings. The van der Waals surface area contributed by atoms with Crippen LogP contribution in [0.15, 0.2) is 97.2 Å². The van der Waals surface area contributed by atoms with Gasteiger partial charge in [-0.2, -0.15) is 0 Å². The number of carbonyl (C=O) groups is 2. The molecule has 192 valence electrons. The lowest BCUT2D eigenvalue weighted by molar-refractivity contribution is -0.123. The molecule has 38 heavy (non-hydrogen) atoms. The molecule has 0 saturated heterocycles. The van der Waals surface area contributed by atoms with E-state index in [-0.39, 0.29) is 11.8 Å². The van der Waals surface area contributed by atoms with E-state index in [4.69, 9.17) is 5.73 Å². The van der Waals surface area contributed by atoms with Gasteiger partial charge in [-0.1, -0.05) is 54.6 Å². The number of carbonyl (C=O) groups excluding carboxylic acids is 2. The molecule has 2 heterocycles. The predicted octanol–water partition coefficient (Wildman–Crippen LogP) is 5.25. The number of hydrogen-bond donors (Lipinski definition) is 5. The number of thiophene rings is 1. The second-order valence-electron chi connectivity index (χ2n) is 8.99. The van der Waals surface area contributed by atoms with Crippen molar-refractivity contribution in [3.63, 3.8) is 0 Å². The molecular formula is C30H29N5O2S. The fourth-order valence-electron chi connectivity index (χ4n) is 4.26. The molecular weight excluding hydrogens is 494 g/mol. The third-order valence-corrected chi connectivity index (χ3v) is 7.38. The molecule has 2 aromatic heterocycles. The van der Waals surface area contributed by atoms with Gasteiger partial charge in [0.1, 0.15) is 6.04 Å². The highest BCUT2D eigenvalue weighted by Crippen LogP contribution is 2.30. The molecule has 3 aromatic carbocycles. The van der Waals surface area contributed by atoms with Gasteiger partial charge in [0.15, 0.2) is 0 Å². The third-order valence-electron chi connectivity index (χ3n) is 6.29. The van der Waals surface area contributed by atoms with Crippen LogP contribution in [0.2, 0.25) is 0 Å². The Bertz CT molecular complexity index is 1530. The maximum atomic E-state index is 13.3. The van der Waals surface area contributed by atoms with Gasteiger partial charge in [-0.15, -0.1) is 11.3 Å². The number of benzene rings is 3. The number of nitrogens with two attached hydrogens (primary N) is 1. The van der Waals surface area contributed by atoms with E-state index in [2.05, 4.69) is 20.9 Å². The number of H-pyrrole nitrogens is 1. The van der Waals surface area contributed by atoms with Gasteiger partial charge in [0.2, 0.25) is 5.91 Å². The van der Waals surface area contributed by atoms with Crippen molar-refractivity contribution < 1.29 is 9.59 Å². The standard InChI is InChI=1S/C30H29N5O2S/c31-24-10-4-5-11-25(24)35-29(36)27-17-21-12-13-22(18-26(21)38-27)28(33-16-14-23-9-6-15-32-23)30(37)34-19-20-7-2-1-3-8-20/h1-13,15,17-18,28,32-33H,14,16,19,31H2,(H,34,37)(H,35,36). The van der Waals surface area contributed by atoms with Gasteiger partial charge in [-0.3, -0.25) is 9.59 Å². The highest BCUT2D eigenvalue weighted by Gasteiger charge is 2.21. The van der Waals surface area contributed by atoms with Gasteiger partial charge in [0.25, 0.3) is 5.91 Å². The second kappa shape index (κ2) is 11.8. The van der Waals surface area contributed by atoms with Crippen LogP contribution in [-0.4, -0.2) is 23.3 Å². The van der Waals surface area contributed by atoms with Crippen molar-refractivity contribution in [3.8, 4) is 0 Å². The summed E-state index contributed by atoms with van der Waals surface area (Å²) in [4.78, 5) is 30.0. The van der Waals surface area contributed by atoms with Crippen molar-refractivity contribution in [3.05, 3.63) is 119 Å². The first-order valence-corrected chi connectivity index (χ1v) is 13.2. The maximum Gasteiger partial charge on any atom is 0.265 e. The highest BCUT2D eigenvalue weighted by molar-refractivity contribution is 7.20. The Kier molecular flexibility index (Phi) is 7.82. The van der Waals surface area contributed by atoms with Crippen LogP contribution in [0.4, 0.5) is 11.4 Å². The Morgan fingerprint density at radius 2 is 1.74 bits per heavy atom. The summed E-state index contributed by atoms with van der Waals surface area (Å²) >= 11 is 1.39. The number of fused-ring (bicyclic) bond motifs is 1. The molecule has 0 radical (unpaired) electrons. The summed E-state index contributed by atoms with van der Waals surface area (Å²) in [6.07, 6.45) is 2.66. The Labute approximate surface area is 225 Å². The van der Waals surface area contributed by atoms with Crippen molar-refractivity contribution in [2.45, 2.75) is 19.0 Å². The summed E-state index contributed by atoms with van der Waals surface area (Å²) in [5, 5.41) is 10.3. The summed E-state index contributed by atoms with van der Waals surface area (Å²) in [6.45, 7) is 1.07. The van der Waals surface area contributed by atoms with Crippen molar-refractivity contribution >= 4 is 44.6 Å². The van der Waals surface area contributed by atoms with E-state index in [0.717, 1.165) is 33.3 Å². The molecule has 0 spiro atoms. The number of hydrogen-bond acceptors (Lipinski definition) is 5. The third kappa shape index (κ3) is 6.11. The summed E-state index contributed by atoms with van der Waals surface area (Å²) in [6, 6.07) is 28.2. The maximum absolute atomic E-state index is 13.3. The fraction of sp³-hybridized carbons (Fsp3) is 0.133. The minimum absolute atomic E-state index is 0.103. The number of aromatic amines is 1. The van der Waals surface area contributed by atoms with Crippen LogP contribution in [-0.2, 0) is 17.8 Å². The van der Waals surface area contributed by atoms with Gasteiger partial charge in [-0.25, -0.2) is 0 Å². The number of aromatic nitrogens is 1. The van der Waals surface area contributed by atoms with Crippen LogP contribution in [0.3, 0.4) is 0 Å². The quantitative estimate of drug-likeness (QED) is 0.161. The van der Waals surface area contributed by atoms with Gasteiger partial charge < -0.3 is 26.7 Å². The molecule has 1 unspecified atom stereocenters. The molecule has 0 aliphatic heterocycles. The Morgan fingerprint density at radius 1 is 0.921 bits per heavy atom. The van der Waals surface area contributed by atoms with E-state index >= 15 is 0 Å². The molecule has 5 rings (SSSR count). The van der Waals surface area contributed by atoms with E-state index in [1.165, 1.54) is 11.3 Å². The SMILES string of the molecule is Nc1ccccc1NC(=O)c1cc2ccc(C(NCCc3ccc[nH]3)C(=O)NCc3ccccc3)cc2s1. The van der Waals surface area contributed by atoms with E-state index in [1.54, 1.807) is 12.1 Å². The molecule has 7 nitrogen and oxygen atoms in total. The molecule has 0 aliphatic rings. The molecule has 6 N–H and O–H groups in total. The van der Waals surface area contributed by atoms with Crippen LogP contribution in [0, 0.1) is 0 Å². The zero-order valence-corrected chi connectivity index (χ0v) is 21.6. The van der Waals surface area contributed by atoms with Crippen LogP contribution < -0.4 is 21.7 Å². The van der Waals surface area contributed by atoms with Gasteiger partial charge >= 0.3 is 0 Å². The number of amides is 2. The highest BCUT2D eigenvalue weighted by atomic mass is 32.1. The van der Waals surface area contributed by atoms with Gasteiger partial charge in [0, 0.05) is 29.7 Å². The number of rotatable bonds is 10. The first-order valence-electron chi connectivity index (χ1n) is 12.4. The number of para-hydroxylation sites is 2. The molecule has 0 saturated carbocycles. The average Bonchev–Trinajstić information content (AvgIpc) is 3.61. The summed E-state index contributed by atoms with van der Waals surface area (Å²) in [5.74, 6) is -0.319. The van der Waals surface area contributed by atoms with E-state index < -0.39 is 6.04 Å². The van der Waals surface area contributed by atoms with E-state index in [9.17, 15) is 9.59 Å². The molecule has 0 aliphatic carbocycles. The first kappa shape index (κ1) is 25.3. The number of nitrogens with one attached hydrogen (secondary N) is 4. The Balaban J connectivity index is 1.34. The summed E-state index contributed by atoms with van der Waals surface area (Å²) in [5.41, 5.74) is 10.1. The Morgan fingerprint density at radius 3 is 2.53 bits per heavy atom. The lowest BCUT2D eigenvalue weighted by atomic mass is 10.0. The predicted molar refractivity (Wildman–Crippen MR) is 154 cm³/mol. The number of anilines is 2. The van der Waals surface area contributed by atoms with Crippen molar-refractivity contribution in [2.24, 2.45) is 0 Å². The second-order valence-corrected chi connectivity index (χ2v) is 10.1. The van der Waals surface area contributed by atoms with Gasteiger partial charge in [-0.05, 0) is 59.3 Å². The van der Waals surface area contributed by atoms with Gasteiger partial charge in [0.05, 0.1) is 16.3 Å². The minimum Gasteiger partial charge on any atom is -0.397 e. The van der Waals surface area contributed by atoms with E-state index in [1.807, 2.05) is 85.1 Å². The first-order chi connectivity index (χ1) is 18.6. The van der Waals surface area contributed by atoms with Crippen molar-refractivity contribution in [2.75, 3.05) is 17.6 Å². The number of nitrogen functional groups attached to an aromatic ring is 1. The lowest BCUT2D eigenvalue weighted by Crippen LogP contribution is -2.38. The molecule has 5 aromatic rings. The fourth-order valence-corrected chi connectivity index (χ4v) is 5.26. The zero-order chi connectivity index (χ0) is 26.3. The molecule has 2 amide bonds. The largest absolute Gasteiger partial charge is 0.397 e. The normalized spacial score (nSPS) is 11.8. The molecule has 8 heteroatoms. The average molecular weight is 524 g/mol. The van der Waals surface area contributed by atoms with Crippen LogP contribution in [0.5, 0.6) is 0 Å². The van der Waals surface area contributed by atoms with Crippen LogP contribution in [0.25, 0.3) is 10.1 Å². The topological polar surface area (TPSA) is 112 Å². The Hall–Kier alpha value is -4.40. The summed E-state index contributed by atoms with van der Waals surface area (Å²) in [7, 11) is 0. The smallest absolute Gasteiger partial charge is 0.265 e. The summed E-state index contributed by atoms with van der Waals surface area (Å²) < 4.78 is 0.931. The monoisotopic (exact) mass is 523 g/mol. The van der Waals surface area contributed by atoms with Crippen LogP contribution in [0.1, 0.15) is 32.5 Å². The van der Waals surface area contributed by atoms with Crippen molar-refractivity contribution in [1.82, 2.24) is 15.6 Å². The molecule has 0 bridgehead atoms.